The predicted molar refractivity (Wildman–Crippen MR) is 109 cm³/mol. The number of carbonyl (C=O) groups is 2. The normalized spacial score (nSPS) is 23.9. The average Bonchev–Trinajstić information content (AvgIpc) is 2.60. The molecule has 0 spiro atoms. The second-order valence-electron chi connectivity index (χ2n) is 8.53. The molecule has 3 unspecified atom stereocenters. The molecule has 1 heterocycles. The van der Waals surface area contributed by atoms with Crippen molar-refractivity contribution in [2.75, 3.05) is 0 Å². The van der Waals surface area contributed by atoms with Crippen LogP contribution in [0.3, 0.4) is 0 Å². The summed E-state index contributed by atoms with van der Waals surface area (Å²) < 4.78 is 6.11. The first-order chi connectivity index (χ1) is 12.8. The zero-order chi connectivity index (χ0) is 20.0. The lowest BCUT2D eigenvalue weighted by molar-refractivity contribution is -0.182. The number of allylic oxidation sites excluding steroid dienone is 2. The third-order valence-corrected chi connectivity index (χ3v) is 5.38. The number of carbonyl (C=O) groups excluding carboxylic acids is 2. The highest BCUT2D eigenvalue weighted by Crippen LogP contribution is 2.43. The SMILES string of the molecule is CCCC(C=C(C)C)C1C(=O)CC(CCC(C)C)(c2ccccc2)OC1=O. The Bertz CT molecular complexity index is 650. The third kappa shape index (κ3) is 5.31. The van der Waals surface area contributed by atoms with Crippen LogP contribution in [0.25, 0.3) is 0 Å². The van der Waals surface area contributed by atoms with Crippen LogP contribution < -0.4 is 0 Å². The Morgan fingerprint density at radius 2 is 1.85 bits per heavy atom. The van der Waals surface area contributed by atoms with E-state index in [1.807, 2.05) is 44.2 Å². The van der Waals surface area contributed by atoms with Gasteiger partial charge in [-0.3, -0.25) is 9.59 Å². The summed E-state index contributed by atoms with van der Waals surface area (Å²) in [7, 11) is 0. The summed E-state index contributed by atoms with van der Waals surface area (Å²) in [5.74, 6) is -0.588. The highest BCUT2D eigenvalue weighted by atomic mass is 16.6. The number of cyclic esters (lactones) is 1. The van der Waals surface area contributed by atoms with Crippen LogP contribution in [0.1, 0.15) is 72.3 Å². The van der Waals surface area contributed by atoms with Gasteiger partial charge in [0.05, 0.1) is 6.42 Å². The largest absolute Gasteiger partial charge is 0.453 e. The molecule has 0 aliphatic carbocycles. The first kappa shape index (κ1) is 21.4. The van der Waals surface area contributed by atoms with Crippen LogP contribution in [0.4, 0.5) is 0 Å². The number of esters is 1. The number of benzene rings is 1. The summed E-state index contributed by atoms with van der Waals surface area (Å²) in [6.45, 7) is 10.4. The van der Waals surface area contributed by atoms with Crippen molar-refractivity contribution in [1.29, 1.82) is 0 Å². The van der Waals surface area contributed by atoms with E-state index in [1.54, 1.807) is 0 Å². The van der Waals surface area contributed by atoms with Crippen LogP contribution >= 0.6 is 0 Å². The van der Waals surface area contributed by atoms with Crippen molar-refractivity contribution in [3.63, 3.8) is 0 Å². The number of ketones is 1. The minimum Gasteiger partial charge on any atom is -0.453 e. The van der Waals surface area contributed by atoms with Crippen LogP contribution in [0.15, 0.2) is 42.0 Å². The summed E-state index contributed by atoms with van der Waals surface area (Å²) in [5.41, 5.74) is 1.24. The van der Waals surface area contributed by atoms with Crippen molar-refractivity contribution >= 4 is 11.8 Å². The van der Waals surface area contributed by atoms with Crippen molar-refractivity contribution in [3.8, 4) is 0 Å². The molecule has 1 aliphatic heterocycles. The number of ether oxygens (including phenoxy) is 1. The van der Waals surface area contributed by atoms with E-state index >= 15 is 0 Å². The fraction of sp³-hybridized carbons (Fsp3) is 0.583. The van der Waals surface area contributed by atoms with Crippen LogP contribution in [0, 0.1) is 17.8 Å². The van der Waals surface area contributed by atoms with E-state index < -0.39 is 11.5 Å². The molecule has 27 heavy (non-hydrogen) atoms. The Labute approximate surface area is 164 Å². The quantitative estimate of drug-likeness (QED) is 0.328. The van der Waals surface area contributed by atoms with Crippen LogP contribution in [-0.2, 0) is 19.9 Å². The second kappa shape index (κ2) is 9.34. The second-order valence-corrected chi connectivity index (χ2v) is 8.53. The molecule has 1 fully saturated rings. The maximum absolute atomic E-state index is 13.2. The van der Waals surface area contributed by atoms with Crippen molar-refractivity contribution in [3.05, 3.63) is 47.5 Å². The molecule has 0 radical (unpaired) electrons. The Morgan fingerprint density at radius 3 is 2.37 bits per heavy atom. The van der Waals surface area contributed by atoms with Gasteiger partial charge in [-0.05, 0) is 50.5 Å². The van der Waals surface area contributed by atoms with E-state index in [-0.39, 0.29) is 24.1 Å². The summed E-state index contributed by atoms with van der Waals surface area (Å²) >= 11 is 0. The van der Waals surface area contributed by atoms with Gasteiger partial charge in [-0.15, -0.1) is 0 Å². The molecule has 1 aromatic rings. The van der Waals surface area contributed by atoms with Crippen LogP contribution in [-0.4, -0.2) is 11.8 Å². The summed E-state index contributed by atoms with van der Waals surface area (Å²) in [6.07, 6.45) is 5.68. The van der Waals surface area contributed by atoms with Crippen molar-refractivity contribution in [1.82, 2.24) is 0 Å². The maximum Gasteiger partial charge on any atom is 0.317 e. The zero-order valence-corrected chi connectivity index (χ0v) is 17.5. The van der Waals surface area contributed by atoms with E-state index in [1.165, 1.54) is 0 Å². The molecule has 1 aliphatic rings. The Morgan fingerprint density at radius 1 is 1.19 bits per heavy atom. The summed E-state index contributed by atoms with van der Waals surface area (Å²) in [6, 6.07) is 9.78. The van der Waals surface area contributed by atoms with Gasteiger partial charge in [-0.1, -0.05) is 69.2 Å². The lowest BCUT2D eigenvalue weighted by atomic mass is 9.74. The molecular formula is C24H34O3. The predicted octanol–water partition coefficient (Wildman–Crippen LogP) is 5.83. The van der Waals surface area contributed by atoms with Gasteiger partial charge in [-0.25, -0.2) is 0 Å². The third-order valence-electron chi connectivity index (χ3n) is 5.38. The van der Waals surface area contributed by atoms with Gasteiger partial charge in [0.2, 0.25) is 0 Å². The minimum absolute atomic E-state index is 0.0230. The minimum atomic E-state index is -0.821. The van der Waals surface area contributed by atoms with Gasteiger partial charge in [0.15, 0.2) is 5.78 Å². The summed E-state index contributed by atoms with van der Waals surface area (Å²) in [4.78, 5) is 26.3. The Balaban J connectivity index is 2.36. The molecular weight excluding hydrogens is 336 g/mol. The van der Waals surface area contributed by atoms with Gasteiger partial charge >= 0.3 is 5.97 Å². The first-order valence-electron chi connectivity index (χ1n) is 10.2. The molecule has 0 bridgehead atoms. The van der Waals surface area contributed by atoms with Gasteiger partial charge in [0, 0.05) is 0 Å². The first-order valence-corrected chi connectivity index (χ1v) is 10.2. The summed E-state index contributed by atoms with van der Waals surface area (Å²) in [5, 5.41) is 0. The fourth-order valence-electron chi connectivity index (χ4n) is 4.04. The van der Waals surface area contributed by atoms with Crippen LogP contribution in [0.5, 0.6) is 0 Å². The van der Waals surface area contributed by atoms with Crippen molar-refractivity contribution in [2.24, 2.45) is 17.8 Å². The molecule has 0 N–H and O–H groups in total. The van der Waals surface area contributed by atoms with Crippen molar-refractivity contribution in [2.45, 2.75) is 72.3 Å². The molecule has 3 nitrogen and oxygen atoms in total. The Hall–Kier alpha value is -1.90. The molecule has 0 aromatic heterocycles. The molecule has 3 heteroatoms. The Kier molecular flexibility index (Phi) is 7.41. The van der Waals surface area contributed by atoms with Gasteiger partial charge in [-0.2, -0.15) is 0 Å². The lowest BCUT2D eigenvalue weighted by Crippen LogP contribution is -2.48. The average molecular weight is 371 g/mol. The monoisotopic (exact) mass is 370 g/mol. The number of rotatable bonds is 8. The number of hydrogen-bond acceptors (Lipinski definition) is 3. The highest BCUT2D eigenvalue weighted by Gasteiger charge is 2.49. The van der Waals surface area contributed by atoms with E-state index in [4.69, 9.17) is 4.74 Å². The van der Waals surface area contributed by atoms with E-state index in [9.17, 15) is 9.59 Å². The van der Waals surface area contributed by atoms with Crippen LogP contribution in [0.2, 0.25) is 0 Å². The molecule has 2 rings (SSSR count). The lowest BCUT2D eigenvalue weighted by Gasteiger charge is -2.41. The molecule has 0 saturated carbocycles. The molecule has 148 valence electrons. The van der Waals surface area contributed by atoms with Gasteiger partial charge in [0.1, 0.15) is 11.5 Å². The van der Waals surface area contributed by atoms with E-state index in [2.05, 4.69) is 26.8 Å². The topological polar surface area (TPSA) is 43.4 Å². The maximum atomic E-state index is 13.2. The molecule has 1 aromatic carbocycles. The standard InChI is InChI=1S/C24H34O3/c1-6-10-19(15-18(4)5)22-21(25)16-24(27-23(22)26,14-13-17(2)3)20-11-8-7-9-12-20/h7-9,11-12,15,17,19,22H,6,10,13-14,16H2,1-5H3. The fourth-order valence-corrected chi connectivity index (χ4v) is 4.04. The zero-order valence-electron chi connectivity index (χ0n) is 17.5. The number of Topliss-reactive ketones (excluding diaryl/α,β-unsaturated/α-hetero) is 1. The molecule has 0 amide bonds. The van der Waals surface area contributed by atoms with Gasteiger partial charge < -0.3 is 4.74 Å². The van der Waals surface area contributed by atoms with E-state index in [0.717, 1.165) is 30.4 Å². The molecule has 3 atom stereocenters. The van der Waals surface area contributed by atoms with Crippen molar-refractivity contribution < 1.29 is 14.3 Å². The highest BCUT2D eigenvalue weighted by molar-refractivity contribution is 6.02. The number of hydrogen-bond donors (Lipinski definition) is 0. The molecule has 1 saturated heterocycles. The smallest absolute Gasteiger partial charge is 0.317 e. The van der Waals surface area contributed by atoms with Gasteiger partial charge in [0.25, 0.3) is 0 Å². The van der Waals surface area contributed by atoms with E-state index in [0.29, 0.717) is 12.3 Å².